The lowest BCUT2D eigenvalue weighted by Gasteiger charge is -2.28. The molecule has 0 bridgehead atoms. The number of rotatable bonds is 16. The summed E-state index contributed by atoms with van der Waals surface area (Å²) < 4.78 is 39.7. The van der Waals surface area contributed by atoms with Crippen molar-refractivity contribution in [3.8, 4) is 11.1 Å². The number of benzene rings is 3. The van der Waals surface area contributed by atoms with Crippen molar-refractivity contribution in [3.05, 3.63) is 96.1 Å². The number of carbonyl (C=O) groups excluding carboxylic acids is 5. The topological polar surface area (TPSA) is 180 Å². The standard InChI is InChI=1S/C36H42F3N5O6/c1-21(2)30(44-33(48)26-16-14-25(15-17-26)24-12-8-5-9-13-24)35(50)43-28(20-23-10-6-4-7-11-23)34(49)41-22(3)32(47)42-27(18-19-29(40)45)31(46)36(37,38)39/h4-17,21-22,27-28,30-31,46H,18-20H2,1-3H3,(H2,40,45)(H,41,49)(H,42,47)(H,43,50)(H,44,48)/t22-,27+,28-,30-,31?/m0/s1. The summed E-state index contributed by atoms with van der Waals surface area (Å²) in [5, 5.41) is 19.6. The van der Waals surface area contributed by atoms with Crippen molar-refractivity contribution in [1.29, 1.82) is 0 Å². The van der Waals surface area contributed by atoms with Crippen LogP contribution in [0.2, 0.25) is 0 Å². The second-order valence-corrected chi connectivity index (χ2v) is 12.2. The molecule has 0 aliphatic heterocycles. The predicted octanol–water partition coefficient (Wildman–Crippen LogP) is 3.01. The van der Waals surface area contributed by atoms with Crippen molar-refractivity contribution in [2.45, 2.75) is 76.5 Å². The summed E-state index contributed by atoms with van der Waals surface area (Å²) in [6.07, 6.45) is -9.28. The first-order valence-corrected chi connectivity index (χ1v) is 16.0. The Bertz CT molecular complexity index is 1600. The van der Waals surface area contributed by atoms with Gasteiger partial charge in [0.2, 0.25) is 23.6 Å². The van der Waals surface area contributed by atoms with Crippen LogP contribution in [0.3, 0.4) is 0 Å². The molecule has 3 aromatic rings. The van der Waals surface area contributed by atoms with Crippen molar-refractivity contribution >= 4 is 29.5 Å². The van der Waals surface area contributed by atoms with Crippen molar-refractivity contribution in [3.63, 3.8) is 0 Å². The van der Waals surface area contributed by atoms with Crippen LogP contribution in [0.5, 0.6) is 0 Å². The Labute approximate surface area is 288 Å². The lowest BCUT2D eigenvalue weighted by atomic mass is 9.99. The fourth-order valence-corrected chi connectivity index (χ4v) is 5.05. The van der Waals surface area contributed by atoms with Gasteiger partial charge in [0.25, 0.3) is 5.91 Å². The number of hydrogen-bond acceptors (Lipinski definition) is 6. The second kappa shape index (κ2) is 18.0. The first-order valence-electron chi connectivity index (χ1n) is 16.0. The maximum atomic E-state index is 13.6. The van der Waals surface area contributed by atoms with Crippen molar-refractivity contribution in [2.24, 2.45) is 11.7 Å². The molecule has 3 rings (SSSR count). The number of nitrogens with one attached hydrogen (secondary N) is 4. The van der Waals surface area contributed by atoms with E-state index in [1.807, 2.05) is 35.6 Å². The summed E-state index contributed by atoms with van der Waals surface area (Å²) in [7, 11) is 0. The van der Waals surface area contributed by atoms with Crippen LogP contribution in [-0.4, -0.2) is 71.1 Å². The number of primary amides is 1. The molecule has 11 nitrogen and oxygen atoms in total. The van der Waals surface area contributed by atoms with E-state index in [1.54, 1.807) is 68.4 Å². The largest absolute Gasteiger partial charge is 0.416 e. The fraction of sp³-hybridized carbons (Fsp3) is 0.361. The van der Waals surface area contributed by atoms with Crippen LogP contribution < -0.4 is 27.0 Å². The maximum Gasteiger partial charge on any atom is 0.416 e. The summed E-state index contributed by atoms with van der Waals surface area (Å²) in [5.74, 6) is -4.45. The van der Waals surface area contributed by atoms with E-state index in [-0.39, 0.29) is 6.42 Å². The third kappa shape index (κ3) is 11.7. The lowest BCUT2D eigenvalue weighted by Crippen LogP contribution is -2.59. The van der Waals surface area contributed by atoms with Crippen LogP contribution in [-0.2, 0) is 25.6 Å². The maximum absolute atomic E-state index is 13.6. The van der Waals surface area contributed by atoms with Gasteiger partial charge in [0.05, 0.1) is 6.04 Å². The summed E-state index contributed by atoms with van der Waals surface area (Å²) in [5.41, 5.74) is 7.86. The van der Waals surface area contributed by atoms with E-state index < -0.39 is 84.7 Å². The van der Waals surface area contributed by atoms with E-state index in [1.165, 1.54) is 6.92 Å². The van der Waals surface area contributed by atoms with Gasteiger partial charge >= 0.3 is 6.18 Å². The van der Waals surface area contributed by atoms with Gasteiger partial charge in [-0.05, 0) is 48.1 Å². The van der Waals surface area contributed by atoms with E-state index in [9.17, 15) is 42.3 Å². The van der Waals surface area contributed by atoms with Crippen LogP contribution in [0.15, 0.2) is 84.9 Å². The minimum Gasteiger partial charge on any atom is -0.382 e. The average molecular weight is 698 g/mol. The SMILES string of the molecule is CC(C)[C@H](NC(=O)c1ccc(-c2ccccc2)cc1)C(=O)N[C@@H](Cc1ccccc1)C(=O)N[C@@H](C)C(=O)N[C@H](CCC(N)=O)C(O)C(F)(F)F. The zero-order valence-corrected chi connectivity index (χ0v) is 27.9. The quantitative estimate of drug-likeness (QED) is 0.134. The Morgan fingerprint density at radius 1 is 0.720 bits per heavy atom. The number of halogens is 3. The molecule has 0 aromatic heterocycles. The highest BCUT2D eigenvalue weighted by Crippen LogP contribution is 2.24. The fourth-order valence-electron chi connectivity index (χ4n) is 5.05. The molecule has 0 spiro atoms. The summed E-state index contributed by atoms with van der Waals surface area (Å²) in [6.45, 7) is 4.64. The molecule has 1 unspecified atom stereocenters. The van der Waals surface area contributed by atoms with Crippen LogP contribution in [0.25, 0.3) is 11.1 Å². The summed E-state index contributed by atoms with van der Waals surface area (Å²) >= 11 is 0. The Kier molecular flexibility index (Phi) is 14.1. The third-order valence-electron chi connectivity index (χ3n) is 7.90. The highest BCUT2D eigenvalue weighted by atomic mass is 19.4. The molecular weight excluding hydrogens is 655 g/mol. The van der Waals surface area contributed by atoms with E-state index in [0.717, 1.165) is 11.1 Å². The summed E-state index contributed by atoms with van der Waals surface area (Å²) in [6, 6.07) is 19.4. The molecular formula is C36H42F3N5O6. The molecule has 5 atom stereocenters. The van der Waals surface area contributed by atoms with Gasteiger partial charge in [-0.3, -0.25) is 24.0 Å². The predicted molar refractivity (Wildman–Crippen MR) is 180 cm³/mol. The highest BCUT2D eigenvalue weighted by molar-refractivity contribution is 5.99. The molecule has 268 valence electrons. The Morgan fingerprint density at radius 2 is 1.28 bits per heavy atom. The Balaban J connectivity index is 1.74. The smallest absolute Gasteiger partial charge is 0.382 e. The minimum absolute atomic E-state index is 0.0273. The summed E-state index contributed by atoms with van der Waals surface area (Å²) in [4.78, 5) is 64.3. The number of aliphatic hydroxyl groups is 1. The normalized spacial score (nSPS) is 14.4. The number of hydrogen-bond donors (Lipinski definition) is 6. The van der Waals surface area contributed by atoms with Crippen molar-refractivity contribution in [1.82, 2.24) is 21.3 Å². The van der Waals surface area contributed by atoms with E-state index >= 15 is 0 Å². The zero-order valence-electron chi connectivity index (χ0n) is 27.9. The Hall–Kier alpha value is -5.24. The molecule has 14 heteroatoms. The first-order chi connectivity index (χ1) is 23.6. The van der Waals surface area contributed by atoms with Crippen molar-refractivity contribution in [2.75, 3.05) is 0 Å². The van der Waals surface area contributed by atoms with Crippen LogP contribution in [0.4, 0.5) is 13.2 Å². The molecule has 0 saturated heterocycles. The first kappa shape index (κ1) is 39.2. The number of aliphatic hydroxyl groups excluding tert-OH is 1. The van der Waals surface area contributed by atoms with Gasteiger partial charge in [-0.15, -0.1) is 0 Å². The molecule has 50 heavy (non-hydrogen) atoms. The van der Waals surface area contributed by atoms with Gasteiger partial charge in [-0.1, -0.05) is 86.6 Å². The van der Waals surface area contributed by atoms with Gasteiger partial charge in [0.15, 0.2) is 6.10 Å². The van der Waals surface area contributed by atoms with Crippen LogP contribution >= 0.6 is 0 Å². The molecule has 0 aliphatic rings. The number of amides is 5. The monoisotopic (exact) mass is 697 g/mol. The van der Waals surface area contributed by atoms with Gasteiger partial charge in [-0.2, -0.15) is 13.2 Å². The molecule has 7 N–H and O–H groups in total. The molecule has 0 saturated carbocycles. The molecule has 0 heterocycles. The average Bonchev–Trinajstić information content (AvgIpc) is 3.08. The minimum atomic E-state index is -5.11. The Morgan fingerprint density at radius 3 is 1.82 bits per heavy atom. The number of alkyl halides is 3. The van der Waals surface area contributed by atoms with E-state index in [0.29, 0.717) is 11.1 Å². The van der Waals surface area contributed by atoms with E-state index in [2.05, 4.69) is 16.0 Å². The van der Waals surface area contributed by atoms with Gasteiger partial charge < -0.3 is 32.1 Å². The van der Waals surface area contributed by atoms with Crippen molar-refractivity contribution < 1.29 is 42.3 Å². The number of nitrogens with two attached hydrogens (primary N) is 1. The molecule has 3 aromatic carbocycles. The number of carbonyl (C=O) groups is 5. The molecule has 5 amide bonds. The lowest BCUT2D eigenvalue weighted by molar-refractivity contribution is -0.212. The van der Waals surface area contributed by atoms with Gasteiger partial charge in [0, 0.05) is 18.4 Å². The molecule has 0 fully saturated rings. The van der Waals surface area contributed by atoms with Crippen LogP contribution in [0, 0.1) is 5.92 Å². The van der Waals surface area contributed by atoms with Crippen LogP contribution in [0.1, 0.15) is 49.5 Å². The highest BCUT2D eigenvalue weighted by Gasteiger charge is 2.44. The second-order valence-electron chi connectivity index (χ2n) is 12.2. The third-order valence-corrected chi connectivity index (χ3v) is 7.90. The van der Waals surface area contributed by atoms with E-state index in [4.69, 9.17) is 5.73 Å². The van der Waals surface area contributed by atoms with Gasteiger partial charge in [0.1, 0.15) is 18.1 Å². The zero-order chi connectivity index (χ0) is 37.0. The molecule has 0 radical (unpaired) electrons. The molecule has 0 aliphatic carbocycles. The van der Waals surface area contributed by atoms with Gasteiger partial charge in [-0.25, -0.2) is 0 Å².